The Morgan fingerprint density at radius 2 is 2.29 bits per heavy atom. The number of rotatable bonds is 3. The standard InChI is InChI=1S/C5H11N3O5S/c9-4-3-7-14(12,13)8(4)2-1-6-5(10)11/h6-7,12-13H,1-3H2,(H,10,11). The fraction of sp³-hybridized carbons (Fsp3) is 0.600. The van der Waals surface area contributed by atoms with Crippen LogP contribution >= 0.6 is 11.0 Å². The largest absolute Gasteiger partial charge is 0.465 e. The number of amides is 2. The summed E-state index contributed by atoms with van der Waals surface area (Å²) in [6, 6.07) is 0. The van der Waals surface area contributed by atoms with E-state index in [0.717, 1.165) is 4.31 Å². The number of carbonyl (C=O) groups is 2. The SMILES string of the molecule is O=C(O)NCCN1C(=O)CNS1(O)O. The molecule has 9 heteroatoms. The predicted octanol–water partition coefficient (Wildman–Crippen LogP) is -0.734. The lowest BCUT2D eigenvalue weighted by Gasteiger charge is -2.35. The van der Waals surface area contributed by atoms with Gasteiger partial charge in [-0.2, -0.15) is 4.72 Å². The Balaban J connectivity index is 2.42. The molecule has 1 aliphatic heterocycles. The van der Waals surface area contributed by atoms with Crippen LogP contribution in [-0.2, 0) is 4.79 Å². The summed E-state index contributed by atoms with van der Waals surface area (Å²) in [5, 5.41) is 10.3. The van der Waals surface area contributed by atoms with Gasteiger partial charge in [0.15, 0.2) is 0 Å². The van der Waals surface area contributed by atoms with Gasteiger partial charge in [0, 0.05) is 6.54 Å². The van der Waals surface area contributed by atoms with E-state index in [2.05, 4.69) is 4.72 Å². The van der Waals surface area contributed by atoms with Crippen LogP contribution in [0.3, 0.4) is 0 Å². The van der Waals surface area contributed by atoms with Crippen molar-refractivity contribution in [3.8, 4) is 0 Å². The van der Waals surface area contributed by atoms with E-state index in [1.165, 1.54) is 0 Å². The fourth-order valence-electron chi connectivity index (χ4n) is 0.983. The highest BCUT2D eigenvalue weighted by atomic mass is 32.3. The van der Waals surface area contributed by atoms with Crippen molar-refractivity contribution in [1.29, 1.82) is 0 Å². The molecule has 0 aliphatic carbocycles. The van der Waals surface area contributed by atoms with Crippen molar-refractivity contribution in [3.63, 3.8) is 0 Å². The molecule has 1 saturated heterocycles. The fourth-order valence-corrected chi connectivity index (χ4v) is 2.15. The van der Waals surface area contributed by atoms with Crippen LogP contribution in [0.2, 0.25) is 0 Å². The minimum absolute atomic E-state index is 0.0430. The molecular formula is C5H11N3O5S. The van der Waals surface area contributed by atoms with Gasteiger partial charge in [0.2, 0.25) is 0 Å². The van der Waals surface area contributed by atoms with Crippen LogP contribution in [0.15, 0.2) is 0 Å². The molecule has 0 unspecified atom stereocenters. The number of carboxylic acid groups (broad SMARTS) is 1. The van der Waals surface area contributed by atoms with Crippen LogP contribution in [0.1, 0.15) is 0 Å². The van der Waals surface area contributed by atoms with E-state index in [-0.39, 0.29) is 19.6 Å². The smallest absolute Gasteiger partial charge is 0.404 e. The summed E-state index contributed by atoms with van der Waals surface area (Å²) in [5.74, 6) is -0.461. The highest BCUT2D eigenvalue weighted by molar-refractivity contribution is 8.21. The minimum atomic E-state index is -3.23. The third-order valence-corrected chi connectivity index (χ3v) is 3.13. The zero-order valence-corrected chi connectivity index (χ0v) is 7.95. The monoisotopic (exact) mass is 225 g/mol. The van der Waals surface area contributed by atoms with Crippen LogP contribution in [0, 0.1) is 0 Å². The summed E-state index contributed by atoms with van der Waals surface area (Å²) in [7, 11) is -3.23. The van der Waals surface area contributed by atoms with Gasteiger partial charge in [0.25, 0.3) is 5.91 Å². The maximum absolute atomic E-state index is 11.1. The van der Waals surface area contributed by atoms with Crippen molar-refractivity contribution in [1.82, 2.24) is 14.3 Å². The van der Waals surface area contributed by atoms with Crippen molar-refractivity contribution >= 4 is 23.0 Å². The van der Waals surface area contributed by atoms with Gasteiger partial charge in [-0.3, -0.25) is 13.9 Å². The summed E-state index contributed by atoms with van der Waals surface area (Å²) in [6.45, 7) is -0.255. The van der Waals surface area contributed by atoms with Gasteiger partial charge in [-0.25, -0.2) is 9.10 Å². The zero-order valence-electron chi connectivity index (χ0n) is 7.13. The number of hydrogen-bond donors (Lipinski definition) is 5. The summed E-state index contributed by atoms with van der Waals surface area (Å²) in [5.41, 5.74) is 0. The Hall–Kier alpha value is -1.03. The molecule has 0 aromatic heterocycles. The molecule has 0 saturated carbocycles. The number of carbonyl (C=O) groups excluding carboxylic acids is 1. The Labute approximate surface area is 81.5 Å². The third-order valence-electron chi connectivity index (χ3n) is 1.59. The molecule has 0 aromatic carbocycles. The highest BCUT2D eigenvalue weighted by Gasteiger charge is 2.34. The van der Waals surface area contributed by atoms with E-state index in [1.807, 2.05) is 5.32 Å². The van der Waals surface area contributed by atoms with Crippen molar-refractivity contribution < 1.29 is 23.8 Å². The second-order valence-corrected chi connectivity index (χ2v) is 4.33. The maximum atomic E-state index is 11.1. The molecule has 0 atom stereocenters. The van der Waals surface area contributed by atoms with Crippen molar-refractivity contribution in [2.45, 2.75) is 0 Å². The molecular weight excluding hydrogens is 214 g/mol. The third kappa shape index (κ3) is 2.48. The molecule has 14 heavy (non-hydrogen) atoms. The van der Waals surface area contributed by atoms with Gasteiger partial charge >= 0.3 is 6.09 Å². The summed E-state index contributed by atoms with van der Waals surface area (Å²) in [6.07, 6.45) is -1.22. The maximum Gasteiger partial charge on any atom is 0.404 e. The van der Waals surface area contributed by atoms with Crippen LogP contribution in [-0.4, -0.2) is 50.2 Å². The second kappa shape index (κ2) is 4.00. The molecule has 1 rings (SSSR count). The van der Waals surface area contributed by atoms with Gasteiger partial charge in [-0.1, -0.05) is 11.0 Å². The molecule has 0 bridgehead atoms. The van der Waals surface area contributed by atoms with Crippen LogP contribution < -0.4 is 10.0 Å². The lowest BCUT2D eigenvalue weighted by Crippen LogP contribution is -2.36. The Morgan fingerprint density at radius 1 is 1.64 bits per heavy atom. The highest BCUT2D eigenvalue weighted by Crippen LogP contribution is 2.41. The van der Waals surface area contributed by atoms with E-state index in [9.17, 15) is 18.7 Å². The number of nitrogens with one attached hydrogen (secondary N) is 2. The lowest BCUT2D eigenvalue weighted by molar-refractivity contribution is -0.124. The van der Waals surface area contributed by atoms with Gasteiger partial charge < -0.3 is 10.4 Å². The predicted molar refractivity (Wildman–Crippen MR) is 48.6 cm³/mol. The molecule has 5 N–H and O–H groups in total. The first-order valence-electron chi connectivity index (χ1n) is 3.73. The van der Waals surface area contributed by atoms with Gasteiger partial charge in [0.05, 0.1) is 13.1 Å². The van der Waals surface area contributed by atoms with E-state index in [0.29, 0.717) is 0 Å². The minimum Gasteiger partial charge on any atom is -0.465 e. The molecule has 0 spiro atoms. The second-order valence-electron chi connectivity index (χ2n) is 2.57. The average Bonchev–Trinajstić information content (AvgIpc) is 2.30. The Morgan fingerprint density at radius 3 is 2.71 bits per heavy atom. The molecule has 0 aromatic rings. The molecule has 0 radical (unpaired) electrons. The lowest BCUT2D eigenvalue weighted by atomic mass is 10.5. The van der Waals surface area contributed by atoms with Gasteiger partial charge in [0.1, 0.15) is 0 Å². The Kier molecular flexibility index (Phi) is 3.16. The molecule has 1 aliphatic rings. The van der Waals surface area contributed by atoms with Gasteiger partial charge in [-0.15, -0.1) is 0 Å². The first kappa shape index (κ1) is 11.0. The quantitative estimate of drug-likeness (QED) is 0.431. The van der Waals surface area contributed by atoms with E-state index >= 15 is 0 Å². The van der Waals surface area contributed by atoms with E-state index < -0.39 is 23.0 Å². The van der Waals surface area contributed by atoms with Crippen LogP contribution in [0.5, 0.6) is 0 Å². The summed E-state index contributed by atoms with van der Waals surface area (Å²) < 4.78 is 21.5. The molecule has 2 amide bonds. The number of nitrogens with zero attached hydrogens (tertiary/aromatic N) is 1. The van der Waals surface area contributed by atoms with E-state index in [4.69, 9.17) is 5.11 Å². The summed E-state index contributed by atoms with van der Waals surface area (Å²) in [4.78, 5) is 21.1. The molecule has 1 heterocycles. The van der Waals surface area contributed by atoms with E-state index in [1.54, 1.807) is 0 Å². The average molecular weight is 225 g/mol. The van der Waals surface area contributed by atoms with Crippen LogP contribution in [0.4, 0.5) is 4.79 Å². The molecule has 8 nitrogen and oxygen atoms in total. The van der Waals surface area contributed by atoms with Crippen molar-refractivity contribution in [2.24, 2.45) is 0 Å². The van der Waals surface area contributed by atoms with Crippen LogP contribution in [0.25, 0.3) is 0 Å². The van der Waals surface area contributed by atoms with Gasteiger partial charge in [-0.05, 0) is 0 Å². The van der Waals surface area contributed by atoms with Crippen molar-refractivity contribution in [3.05, 3.63) is 0 Å². The molecule has 82 valence electrons. The van der Waals surface area contributed by atoms with Crippen molar-refractivity contribution in [2.75, 3.05) is 19.6 Å². The first-order valence-corrected chi connectivity index (χ1v) is 5.24. The number of hydrogen-bond acceptors (Lipinski definition) is 5. The first-order chi connectivity index (χ1) is 6.43. The summed E-state index contributed by atoms with van der Waals surface area (Å²) >= 11 is 0. The zero-order chi connectivity index (χ0) is 10.8. The molecule has 1 fully saturated rings. The Bertz CT molecular complexity index is 258. The topological polar surface area (TPSA) is 122 Å². The normalized spacial score (nSPS) is 22.1.